The molecule has 0 aliphatic heterocycles. The molecule has 2 aromatic rings. The van der Waals surface area contributed by atoms with E-state index >= 15 is 0 Å². The Morgan fingerprint density at radius 2 is 2.17 bits per heavy atom. The maximum absolute atomic E-state index is 5.94. The molecule has 0 spiro atoms. The SMILES string of the molecule is CC(C)Oc1ccc2c(ccn2C/C(Cl)=C/Cl)c1. The van der Waals surface area contributed by atoms with E-state index in [9.17, 15) is 0 Å². The van der Waals surface area contributed by atoms with Crippen LogP contribution in [0, 0.1) is 0 Å². The molecule has 0 atom stereocenters. The van der Waals surface area contributed by atoms with E-state index in [-0.39, 0.29) is 6.10 Å². The van der Waals surface area contributed by atoms with Gasteiger partial charge in [0.1, 0.15) is 5.75 Å². The Labute approximate surface area is 117 Å². The number of aromatic nitrogens is 1. The summed E-state index contributed by atoms with van der Waals surface area (Å²) in [6.45, 7) is 4.61. The van der Waals surface area contributed by atoms with E-state index in [0.29, 0.717) is 11.6 Å². The van der Waals surface area contributed by atoms with Gasteiger partial charge in [-0.15, -0.1) is 0 Å². The minimum absolute atomic E-state index is 0.179. The van der Waals surface area contributed by atoms with Gasteiger partial charge in [0.25, 0.3) is 0 Å². The summed E-state index contributed by atoms with van der Waals surface area (Å²) >= 11 is 11.5. The van der Waals surface area contributed by atoms with Crippen molar-refractivity contribution in [3.63, 3.8) is 0 Å². The highest BCUT2D eigenvalue weighted by Gasteiger charge is 2.05. The summed E-state index contributed by atoms with van der Waals surface area (Å²) in [7, 11) is 0. The number of ether oxygens (including phenoxy) is 1. The van der Waals surface area contributed by atoms with Gasteiger partial charge in [0, 0.05) is 27.7 Å². The van der Waals surface area contributed by atoms with Crippen molar-refractivity contribution in [2.24, 2.45) is 0 Å². The maximum atomic E-state index is 5.94. The minimum atomic E-state index is 0.179. The molecular formula is C14H15Cl2NO. The van der Waals surface area contributed by atoms with Gasteiger partial charge in [-0.1, -0.05) is 23.2 Å². The topological polar surface area (TPSA) is 14.2 Å². The lowest BCUT2D eigenvalue weighted by atomic mass is 10.2. The predicted octanol–water partition coefficient (Wildman–Crippen LogP) is 4.75. The van der Waals surface area contributed by atoms with Gasteiger partial charge in [-0.25, -0.2) is 0 Å². The number of hydrogen-bond donors (Lipinski definition) is 0. The molecule has 1 heterocycles. The Kier molecular flexibility index (Phi) is 4.20. The number of fused-ring (bicyclic) bond motifs is 1. The molecule has 0 saturated carbocycles. The highest BCUT2D eigenvalue weighted by atomic mass is 35.5. The average Bonchev–Trinajstić information content (AvgIpc) is 2.71. The lowest BCUT2D eigenvalue weighted by Crippen LogP contribution is -2.05. The van der Waals surface area contributed by atoms with E-state index in [2.05, 4.69) is 4.57 Å². The minimum Gasteiger partial charge on any atom is -0.491 e. The standard InChI is InChI=1S/C14H15Cl2NO/c1-10(2)18-13-3-4-14-11(7-13)5-6-17(14)9-12(16)8-15/h3-8,10H,9H2,1-2H3/b12-8-. The summed E-state index contributed by atoms with van der Waals surface area (Å²) < 4.78 is 7.72. The molecule has 0 aliphatic rings. The van der Waals surface area contributed by atoms with Gasteiger partial charge in [0.05, 0.1) is 12.6 Å². The zero-order valence-corrected chi connectivity index (χ0v) is 11.9. The number of allylic oxidation sites excluding steroid dienone is 1. The molecule has 0 radical (unpaired) electrons. The van der Waals surface area contributed by atoms with Crippen molar-refractivity contribution in [1.82, 2.24) is 4.57 Å². The van der Waals surface area contributed by atoms with Gasteiger partial charge in [0.15, 0.2) is 0 Å². The Hall–Kier alpha value is -1.12. The van der Waals surface area contributed by atoms with Crippen LogP contribution in [0.3, 0.4) is 0 Å². The van der Waals surface area contributed by atoms with Crippen LogP contribution in [-0.4, -0.2) is 10.7 Å². The molecule has 0 saturated heterocycles. The molecule has 2 nitrogen and oxygen atoms in total. The molecule has 0 unspecified atom stereocenters. The molecule has 18 heavy (non-hydrogen) atoms. The third-order valence-electron chi connectivity index (χ3n) is 2.55. The monoisotopic (exact) mass is 283 g/mol. The second-order valence-electron chi connectivity index (χ2n) is 4.39. The molecule has 0 amide bonds. The van der Waals surface area contributed by atoms with Gasteiger partial charge in [-0.2, -0.15) is 0 Å². The van der Waals surface area contributed by atoms with Crippen molar-refractivity contribution in [3.05, 3.63) is 41.0 Å². The zero-order chi connectivity index (χ0) is 13.1. The third kappa shape index (κ3) is 3.01. The number of nitrogens with zero attached hydrogens (tertiary/aromatic N) is 1. The Morgan fingerprint density at radius 1 is 1.39 bits per heavy atom. The summed E-state index contributed by atoms with van der Waals surface area (Å²) in [5.74, 6) is 0.884. The molecule has 0 bridgehead atoms. The quantitative estimate of drug-likeness (QED) is 0.790. The van der Waals surface area contributed by atoms with Crippen molar-refractivity contribution in [1.29, 1.82) is 0 Å². The third-order valence-corrected chi connectivity index (χ3v) is 3.16. The summed E-state index contributed by atoms with van der Waals surface area (Å²) in [6.07, 6.45) is 2.17. The molecular weight excluding hydrogens is 269 g/mol. The summed E-state index contributed by atoms with van der Waals surface area (Å²) in [5, 5.41) is 1.74. The number of benzene rings is 1. The summed E-state index contributed by atoms with van der Waals surface area (Å²) in [5.41, 5.74) is 2.51. The first-order valence-electron chi connectivity index (χ1n) is 5.80. The van der Waals surface area contributed by atoms with Gasteiger partial charge in [0.2, 0.25) is 0 Å². The van der Waals surface area contributed by atoms with Gasteiger partial charge in [-0.3, -0.25) is 0 Å². The van der Waals surface area contributed by atoms with E-state index in [0.717, 1.165) is 16.7 Å². The smallest absolute Gasteiger partial charge is 0.120 e. The van der Waals surface area contributed by atoms with Gasteiger partial charge < -0.3 is 9.30 Å². The first-order valence-corrected chi connectivity index (χ1v) is 6.62. The number of rotatable bonds is 4. The zero-order valence-electron chi connectivity index (χ0n) is 10.4. The average molecular weight is 284 g/mol. The van der Waals surface area contributed by atoms with Crippen LogP contribution in [0.5, 0.6) is 5.75 Å². The molecule has 2 rings (SSSR count). The highest BCUT2D eigenvalue weighted by molar-refractivity contribution is 6.36. The Balaban J connectivity index is 2.31. The van der Waals surface area contributed by atoms with Crippen LogP contribution in [-0.2, 0) is 6.54 Å². The van der Waals surface area contributed by atoms with Crippen molar-refractivity contribution >= 4 is 34.1 Å². The Bertz CT molecular complexity index is 572. The molecule has 0 aliphatic carbocycles. The highest BCUT2D eigenvalue weighted by Crippen LogP contribution is 2.24. The van der Waals surface area contributed by atoms with Crippen LogP contribution in [0.4, 0.5) is 0 Å². The fourth-order valence-electron chi connectivity index (χ4n) is 1.86. The first-order chi connectivity index (χ1) is 8.60. The van der Waals surface area contributed by atoms with Crippen LogP contribution in [0.2, 0.25) is 0 Å². The van der Waals surface area contributed by atoms with E-state index in [4.69, 9.17) is 27.9 Å². The van der Waals surface area contributed by atoms with Gasteiger partial charge >= 0.3 is 0 Å². The fourth-order valence-corrected chi connectivity index (χ4v) is 2.06. The number of hydrogen-bond acceptors (Lipinski definition) is 1. The largest absolute Gasteiger partial charge is 0.491 e. The van der Waals surface area contributed by atoms with Crippen molar-refractivity contribution in [3.8, 4) is 5.75 Å². The van der Waals surface area contributed by atoms with Crippen molar-refractivity contribution in [2.75, 3.05) is 0 Å². The molecule has 0 fully saturated rings. The fraction of sp³-hybridized carbons (Fsp3) is 0.286. The molecule has 1 aromatic heterocycles. The summed E-state index contributed by atoms with van der Waals surface area (Å²) in [6, 6.07) is 8.08. The normalized spacial score (nSPS) is 12.4. The van der Waals surface area contributed by atoms with Crippen LogP contribution >= 0.6 is 23.2 Å². The van der Waals surface area contributed by atoms with E-state index in [1.165, 1.54) is 5.54 Å². The second-order valence-corrected chi connectivity index (χ2v) is 5.09. The Morgan fingerprint density at radius 3 is 2.83 bits per heavy atom. The van der Waals surface area contributed by atoms with E-state index in [1.807, 2.05) is 44.3 Å². The molecule has 1 aromatic carbocycles. The maximum Gasteiger partial charge on any atom is 0.120 e. The van der Waals surface area contributed by atoms with Crippen LogP contribution in [0.1, 0.15) is 13.8 Å². The van der Waals surface area contributed by atoms with Gasteiger partial charge in [-0.05, 0) is 38.1 Å². The molecule has 0 N–H and O–H groups in total. The van der Waals surface area contributed by atoms with E-state index in [1.54, 1.807) is 0 Å². The summed E-state index contributed by atoms with van der Waals surface area (Å²) in [4.78, 5) is 0. The lowest BCUT2D eigenvalue weighted by Gasteiger charge is -2.10. The lowest BCUT2D eigenvalue weighted by molar-refractivity contribution is 0.243. The predicted molar refractivity (Wildman–Crippen MR) is 77.5 cm³/mol. The number of halogens is 2. The van der Waals surface area contributed by atoms with Crippen LogP contribution in [0.25, 0.3) is 10.9 Å². The van der Waals surface area contributed by atoms with E-state index < -0.39 is 0 Å². The van der Waals surface area contributed by atoms with Crippen LogP contribution < -0.4 is 4.74 Å². The van der Waals surface area contributed by atoms with Crippen molar-refractivity contribution < 1.29 is 4.74 Å². The molecule has 4 heteroatoms. The van der Waals surface area contributed by atoms with Crippen LogP contribution in [0.15, 0.2) is 41.0 Å². The molecule has 96 valence electrons. The van der Waals surface area contributed by atoms with Crippen molar-refractivity contribution in [2.45, 2.75) is 26.5 Å². The first kappa shape index (κ1) is 13.3. The second kappa shape index (κ2) is 5.68.